The normalized spacial score (nSPS) is 18.7. The summed E-state index contributed by atoms with van der Waals surface area (Å²) < 4.78 is 18.7. The molecule has 0 atom stereocenters. The van der Waals surface area contributed by atoms with Crippen molar-refractivity contribution in [2.45, 2.75) is 31.2 Å². The predicted octanol–water partition coefficient (Wildman–Crippen LogP) is 2.27. The topological polar surface area (TPSA) is 55.5 Å². The zero-order valence-corrected chi connectivity index (χ0v) is 9.29. The van der Waals surface area contributed by atoms with Crippen molar-refractivity contribution in [1.82, 2.24) is 0 Å². The van der Waals surface area contributed by atoms with Gasteiger partial charge in [0, 0.05) is 17.2 Å². The fourth-order valence-corrected chi connectivity index (χ4v) is 2.36. The van der Waals surface area contributed by atoms with Gasteiger partial charge in [-0.15, -0.1) is 0 Å². The van der Waals surface area contributed by atoms with E-state index in [4.69, 9.17) is 10.5 Å². The lowest BCUT2D eigenvalue weighted by molar-refractivity contribution is 0.363. The average molecular weight is 225 g/mol. The number of hydrogen-bond donors (Lipinski definition) is 2. The van der Waals surface area contributed by atoms with Crippen molar-refractivity contribution in [2.75, 3.05) is 7.11 Å². The van der Waals surface area contributed by atoms with Crippen LogP contribution in [0.2, 0.25) is 0 Å². The standard InChI is InChI=1S/C12H16FNO2/c1-16-11-7-9(13)8(6-10(11)15)12(14)4-2-3-5-12/h6-7,15H,2-5,14H2,1H3. The molecule has 1 fully saturated rings. The molecule has 16 heavy (non-hydrogen) atoms. The van der Waals surface area contributed by atoms with Crippen LogP contribution in [0.15, 0.2) is 12.1 Å². The van der Waals surface area contributed by atoms with E-state index < -0.39 is 11.4 Å². The molecule has 1 aliphatic rings. The van der Waals surface area contributed by atoms with Crippen LogP contribution in [0.4, 0.5) is 4.39 Å². The Balaban J connectivity index is 2.45. The zero-order chi connectivity index (χ0) is 11.8. The molecule has 2 rings (SSSR count). The molecule has 1 aromatic carbocycles. The highest BCUT2D eigenvalue weighted by Gasteiger charge is 2.34. The van der Waals surface area contributed by atoms with Crippen LogP contribution in [0, 0.1) is 5.82 Å². The predicted molar refractivity (Wildman–Crippen MR) is 59.0 cm³/mol. The van der Waals surface area contributed by atoms with Crippen molar-refractivity contribution < 1.29 is 14.2 Å². The van der Waals surface area contributed by atoms with E-state index in [1.54, 1.807) is 0 Å². The molecule has 88 valence electrons. The van der Waals surface area contributed by atoms with Crippen LogP contribution < -0.4 is 10.5 Å². The van der Waals surface area contributed by atoms with Gasteiger partial charge < -0.3 is 15.6 Å². The van der Waals surface area contributed by atoms with Crippen molar-refractivity contribution in [3.63, 3.8) is 0 Å². The maximum atomic E-state index is 13.8. The second-order valence-electron chi connectivity index (χ2n) is 4.37. The summed E-state index contributed by atoms with van der Waals surface area (Å²) in [4.78, 5) is 0. The van der Waals surface area contributed by atoms with Crippen LogP contribution in [0.25, 0.3) is 0 Å². The maximum absolute atomic E-state index is 13.8. The number of phenols is 1. The number of rotatable bonds is 2. The van der Waals surface area contributed by atoms with E-state index in [-0.39, 0.29) is 11.5 Å². The minimum Gasteiger partial charge on any atom is -0.504 e. The van der Waals surface area contributed by atoms with Crippen LogP contribution in [-0.2, 0) is 5.54 Å². The minimum atomic E-state index is -0.631. The molecule has 0 amide bonds. The van der Waals surface area contributed by atoms with Gasteiger partial charge in [-0.1, -0.05) is 12.8 Å². The summed E-state index contributed by atoms with van der Waals surface area (Å²) >= 11 is 0. The van der Waals surface area contributed by atoms with Crippen molar-refractivity contribution in [3.8, 4) is 11.5 Å². The zero-order valence-electron chi connectivity index (χ0n) is 9.29. The molecule has 4 heteroatoms. The third-order valence-electron chi connectivity index (χ3n) is 3.30. The molecule has 1 aromatic rings. The second kappa shape index (κ2) is 3.94. The third kappa shape index (κ3) is 1.73. The van der Waals surface area contributed by atoms with Gasteiger partial charge in [0.15, 0.2) is 11.5 Å². The quantitative estimate of drug-likeness (QED) is 0.811. The molecule has 1 aliphatic carbocycles. The van der Waals surface area contributed by atoms with Crippen molar-refractivity contribution in [1.29, 1.82) is 0 Å². The molecule has 0 radical (unpaired) electrons. The molecule has 0 aromatic heterocycles. The molecule has 0 heterocycles. The summed E-state index contributed by atoms with van der Waals surface area (Å²) in [5.41, 5.74) is 5.91. The Bertz CT molecular complexity index is 400. The third-order valence-corrected chi connectivity index (χ3v) is 3.30. The summed E-state index contributed by atoms with van der Waals surface area (Å²) in [6.07, 6.45) is 3.52. The molecular formula is C12H16FNO2. The van der Waals surface area contributed by atoms with E-state index in [9.17, 15) is 9.50 Å². The molecule has 0 bridgehead atoms. The van der Waals surface area contributed by atoms with Crippen molar-refractivity contribution in [2.24, 2.45) is 5.73 Å². The molecule has 0 unspecified atom stereocenters. The van der Waals surface area contributed by atoms with Crippen molar-refractivity contribution >= 4 is 0 Å². The molecular weight excluding hydrogens is 209 g/mol. The number of aromatic hydroxyl groups is 1. The lowest BCUT2D eigenvalue weighted by Gasteiger charge is -2.25. The van der Waals surface area contributed by atoms with Gasteiger partial charge in [0.25, 0.3) is 0 Å². The van der Waals surface area contributed by atoms with Crippen LogP contribution >= 0.6 is 0 Å². The lowest BCUT2D eigenvalue weighted by atomic mass is 9.88. The number of halogens is 1. The first-order valence-electron chi connectivity index (χ1n) is 5.43. The number of nitrogens with two attached hydrogens (primary N) is 1. The van der Waals surface area contributed by atoms with Gasteiger partial charge in [-0.2, -0.15) is 0 Å². The second-order valence-corrected chi connectivity index (χ2v) is 4.37. The smallest absolute Gasteiger partial charge is 0.163 e. The lowest BCUT2D eigenvalue weighted by Crippen LogP contribution is -2.34. The van der Waals surface area contributed by atoms with E-state index in [1.807, 2.05) is 0 Å². The first-order valence-corrected chi connectivity index (χ1v) is 5.43. The molecule has 1 saturated carbocycles. The fourth-order valence-electron chi connectivity index (χ4n) is 2.36. The van der Waals surface area contributed by atoms with Gasteiger partial charge in [0.05, 0.1) is 7.11 Å². The molecule has 0 spiro atoms. The van der Waals surface area contributed by atoms with Crippen LogP contribution in [0.3, 0.4) is 0 Å². The Morgan fingerprint density at radius 3 is 2.56 bits per heavy atom. The summed E-state index contributed by atoms with van der Waals surface area (Å²) in [6, 6.07) is 2.58. The summed E-state index contributed by atoms with van der Waals surface area (Å²) in [6.45, 7) is 0. The largest absolute Gasteiger partial charge is 0.504 e. The highest BCUT2D eigenvalue weighted by Crippen LogP contribution is 2.40. The maximum Gasteiger partial charge on any atom is 0.163 e. The number of benzene rings is 1. The Morgan fingerprint density at radius 2 is 2.00 bits per heavy atom. The van der Waals surface area contributed by atoms with E-state index >= 15 is 0 Å². The Labute approximate surface area is 94.0 Å². The molecule has 0 saturated heterocycles. The van der Waals surface area contributed by atoms with E-state index in [1.165, 1.54) is 19.2 Å². The van der Waals surface area contributed by atoms with Gasteiger partial charge in [-0.05, 0) is 18.9 Å². The Morgan fingerprint density at radius 1 is 1.38 bits per heavy atom. The van der Waals surface area contributed by atoms with Gasteiger partial charge in [0.2, 0.25) is 0 Å². The van der Waals surface area contributed by atoms with Crippen LogP contribution in [0.1, 0.15) is 31.2 Å². The van der Waals surface area contributed by atoms with Gasteiger partial charge in [-0.25, -0.2) is 4.39 Å². The highest BCUT2D eigenvalue weighted by molar-refractivity contribution is 5.45. The van der Waals surface area contributed by atoms with Gasteiger partial charge in [-0.3, -0.25) is 0 Å². The van der Waals surface area contributed by atoms with Crippen LogP contribution in [-0.4, -0.2) is 12.2 Å². The number of methoxy groups -OCH3 is 1. The molecule has 0 aliphatic heterocycles. The monoisotopic (exact) mass is 225 g/mol. The van der Waals surface area contributed by atoms with E-state index in [0.717, 1.165) is 25.7 Å². The Kier molecular flexibility index (Phi) is 2.76. The fraction of sp³-hybridized carbons (Fsp3) is 0.500. The van der Waals surface area contributed by atoms with Gasteiger partial charge >= 0.3 is 0 Å². The van der Waals surface area contributed by atoms with Crippen molar-refractivity contribution in [3.05, 3.63) is 23.5 Å². The van der Waals surface area contributed by atoms with Crippen LogP contribution in [0.5, 0.6) is 11.5 Å². The summed E-state index contributed by atoms with van der Waals surface area (Å²) in [5.74, 6) is -0.322. The SMILES string of the molecule is COc1cc(F)c(C2(N)CCCC2)cc1O. The summed E-state index contributed by atoms with van der Waals surface area (Å²) in [7, 11) is 1.39. The summed E-state index contributed by atoms with van der Waals surface area (Å²) in [5, 5.41) is 9.64. The minimum absolute atomic E-state index is 0.0596. The number of ether oxygens (including phenoxy) is 1. The first kappa shape index (κ1) is 11.2. The average Bonchev–Trinajstić information content (AvgIpc) is 2.69. The van der Waals surface area contributed by atoms with E-state index in [2.05, 4.69) is 0 Å². The molecule has 3 N–H and O–H groups in total. The highest BCUT2D eigenvalue weighted by atomic mass is 19.1. The van der Waals surface area contributed by atoms with E-state index in [0.29, 0.717) is 5.56 Å². The van der Waals surface area contributed by atoms with Gasteiger partial charge in [0.1, 0.15) is 5.82 Å². The first-order chi connectivity index (χ1) is 7.57. The molecule has 3 nitrogen and oxygen atoms in total. The Hall–Kier alpha value is -1.29. The number of hydrogen-bond acceptors (Lipinski definition) is 3. The number of phenolic OH excluding ortho intramolecular Hbond substituents is 1.